The van der Waals surface area contributed by atoms with Crippen molar-refractivity contribution in [1.29, 1.82) is 0 Å². The lowest BCUT2D eigenvalue weighted by Crippen LogP contribution is -2.45. The van der Waals surface area contributed by atoms with Crippen molar-refractivity contribution in [2.24, 2.45) is 5.41 Å². The second-order valence-electron chi connectivity index (χ2n) is 12.9. The fraction of sp³-hybridized carbons (Fsp3) is 0.567. The van der Waals surface area contributed by atoms with Crippen LogP contribution in [0.5, 0.6) is 5.88 Å². The van der Waals surface area contributed by atoms with Crippen LogP contribution in [0.2, 0.25) is 0 Å². The molecule has 6 N–H and O–H groups in total. The SMILES string of the molecule is COc1nc(N)nc2c1ncn2[C@@H]1O[C@H](COP(=O)(N[C@@H](C)C(=O)OCc2ccccc2)N[C@@H](C)C(=O)OCC(C)(C)C)[C@@H](O)[C@@]1(C)O. The maximum atomic E-state index is 14.2. The summed E-state index contributed by atoms with van der Waals surface area (Å²) in [6.45, 7) is 9.35. The highest BCUT2D eigenvalue weighted by molar-refractivity contribution is 7.54. The van der Waals surface area contributed by atoms with Crippen LogP contribution in [0, 0.1) is 5.41 Å². The minimum absolute atomic E-state index is 0.0240. The lowest BCUT2D eigenvalue weighted by Gasteiger charge is -2.28. The summed E-state index contributed by atoms with van der Waals surface area (Å²) in [4.78, 5) is 38.1. The van der Waals surface area contributed by atoms with E-state index in [1.54, 1.807) is 24.3 Å². The van der Waals surface area contributed by atoms with Gasteiger partial charge < -0.3 is 39.4 Å². The van der Waals surface area contributed by atoms with Gasteiger partial charge in [0.05, 0.1) is 26.7 Å². The van der Waals surface area contributed by atoms with Gasteiger partial charge in [0.15, 0.2) is 17.4 Å². The molecular formula is C30H44N7O10P. The van der Waals surface area contributed by atoms with Gasteiger partial charge in [-0.1, -0.05) is 51.1 Å². The number of imidazole rings is 1. The maximum Gasteiger partial charge on any atom is 0.342 e. The molecule has 1 saturated heterocycles. The monoisotopic (exact) mass is 693 g/mol. The number of benzene rings is 1. The normalized spacial score (nSPS) is 23.7. The number of aromatic nitrogens is 4. The molecule has 7 atom stereocenters. The first-order valence-corrected chi connectivity index (χ1v) is 16.8. The number of carbonyl (C=O) groups is 2. The zero-order valence-corrected chi connectivity index (χ0v) is 28.8. The van der Waals surface area contributed by atoms with Crippen LogP contribution >= 0.6 is 7.67 Å². The Labute approximate surface area is 278 Å². The van der Waals surface area contributed by atoms with Crippen molar-refractivity contribution in [1.82, 2.24) is 29.7 Å². The molecule has 18 heteroatoms. The second-order valence-corrected chi connectivity index (χ2v) is 14.8. The van der Waals surface area contributed by atoms with Crippen molar-refractivity contribution in [3.05, 3.63) is 42.2 Å². The number of anilines is 1. The molecule has 48 heavy (non-hydrogen) atoms. The standard InChI is InChI=1S/C30H44N7O10P/c1-17(25(39)44-13-19-11-9-8-10-12-19)35-48(42,36-18(2)26(40)45-15-29(3,4)5)46-14-20-22(38)30(6,41)27(47-20)37-16-32-21-23(37)33-28(31)34-24(21)43-7/h8-12,16-18,20,22,27,38,41H,13-15H2,1-7H3,(H2,31,33,34)(H2,35,36,42)/t17-,18-,20+,22+,27+,30+,48?/m0/s1. The van der Waals surface area contributed by atoms with Gasteiger partial charge in [-0.15, -0.1) is 0 Å². The molecular weight excluding hydrogens is 649 g/mol. The van der Waals surface area contributed by atoms with Crippen molar-refractivity contribution >= 4 is 36.7 Å². The zero-order chi connectivity index (χ0) is 35.4. The van der Waals surface area contributed by atoms with Crippen LogP contribution in [0.3, 0.4) is 0 Å². The fourth-order valence-electron chi connectivity index (χ4n) is 4.77. The summed E-state index contributed by atoms with van der Waals surface area (Å²) in [5, 5.41) is 27.7. The molecule has 1 aliphatic heterocycles. The van der Waals surface area contributed by atoms with Crippen molar-refractivity contribution in [3.8, 4) is 5.88 Å². The summed E-state index contributed by atoms with van der Waals surface area (Å²) in [6.07, 6.45) is -2.78. The molecule has 0 saturated carbocycles. The van der Waals surface area contributed by atoms with Gasteiger partial charge in [0.2, 0.25) is 11.8 Å². The maximum absolute atomic E-state index is 14.2. The number of hydrogen-bond acceptors (Lipinski definition) is 14. The van der Waals surface area contributed by atoms with Crippen molar-refractivity contribution in [2.45, 2.75) is 84.3 Å². The van der Waals surface area contributed by atoms with E-state index in [9.17, 15) is 24.4 Å². The van der Waals surface area contributed by atoms with Gasteiger partial charge in [-0.2, -0.15) is 9.97 Å². The summed E-state index contributed by atoms with van der Waals surface area (Å²) in [7, 11) is -2.92. The van der Waals surface area contributed by atoms with Crippen LogP contribution in [0.25, 0.3) is 11.2 Å². The predicted molar refractivity (Wildman–Crippen MR) is 172 cm³/mol. The summed E-state index contributed by atoms with van der Waals surface area (Å²) >= 11 is 0. The average Bonchev–Trinajstić information content (AvgIpc) is 3.53. The number of nitrogens with zero attached hydrogens (tertiary/aromatic N) is 4. The number of aliphatic hydroxyl groups excluding tert-OH is 1. The van der Waals surface area contributed by atoms with Crippen LogP contribution in [-0.4, -0.2) is 91.9 Å². The summed E-state index contributed by atoms with van der Waals surface area (Å²) in [5.74, 6) is -1.47. The Morgan fingerprint density at radius 2 is 1.75 bits per heavy atom. The number of aliphatic hydroxyl groups is 2. The topological polar surface area (TPSA) is 231 Å². The molecule has 1 fully saturated rings. The molecule has 264 valence electrons. The van der Waals surface area contributed by atoms with Crippen molar-refractivity contribution in [3.63, 3.8) is 0 Å². The van der Waals surface area contributed by atoms with Gasteiger partial charge in [0.25, 0.3) is 0 Å². The van der Waals surface area contributed by atoms with Crippen LogP contribution in [0.15, 0.2) is 36.7 Å². The molecule has 1 unspecified atom stereocenters. The Hall–Kier alpha value is -3.70. The van der Waals surface area contributed by atoms with Crippen molar-refractivity contribution < 1.29 is 47.8 Å². The van der Waals surface area contributed by atoms with Crippen LogP contribution in [-0.2, 0) is 39.5 Å². The van der Waals surface area contributed by atoms with Gasteiger partial charge in [-0.3, -0.25) is 18.7 Å². The van der Waals surface area contributed by atoms with E-state index in [4.69, 9.17) is 29.2 Å². The molecule has 0 amide bonds. The second kappa shape index (κ2) is 14.8. The van der Waals surface area contributed by atoms with E-state index in [2.05, 4.69) is 25.1 Å². The molecule has 3 aromatic rings. The summed E-state index contributed by atoms with van der Waals surface area (Å²) in [6, 6.07) is 6.67. The minimum Gasteiger partial charge on any atom is -0.479 e. The Morgan fingerprint density at radius 1 is 1.12 bits per heavy atom. The largest absolute Gasteiger partial charge is 0.479 e. The highest BCUT2D eigenvalue weighted by atomic mass is 31.2. The number of nitrogens with two attached hydrogens (primary N) is 1. The molecule has 3 heterocycles. The molecule has 17 nitrogen and oxygen atoms in total. The first-order chi connectivity index (χ1) is 22.4. The van der Waals surface area contributed by atoms with E-state index >= 15 is 0 Å². The smallest absolute Gasteiger partial charge is 0.342 e. The van der Waals surface area contributed by atoms with Crippen LogP contribution in [0.4, 0.5) is 5.95 Å². The van der Waals surface area contributed by atoms with Gasteiger partial charge in [-0.25, -0.2) is 15.2 Å². The number of fused-ring (bicyclic) bond motifs is 1. The minimum atomic E-state index is -4.30. The number of methoxy groups -OCH3 is 1. The summed E-state index contributed by atoms with van der Waals surface area (Å²) < 4.78 is 43.3. The molecule has 1 aliphatic rings. The Morgan fingerprint density at radius 3 is 2.35 bits per heavy atom. The Bertz CT molecular complexity index is 1630. The van der Waals surface area contributed by atoms with E-state index in [0.717, 1.165) is 5.56 Å². The molecule has 0 aliphatic carbocycles. The van der Waals surface area contributed by atoms with Gasteiger partial charge >= 0.3 is 19.6 Å². The number of hydrogen-bond donors (Lipinski definition) is 5. The highest BCUT2D eigenvalue weighted by Gasteiger charge is 2.54. The molecule has 0 radical (unpaired) electrons. The highest BCUT2D eigenvalue weighted by Crippen LogP contribution is 2.44. The third kappa shape index (κ3) is 8.85. The van der Waals surface area contributed by atoms with E-state index in [-0.39, 0.29) is 41.6 Å². The molecule has 4 rings (SSSR count). The molecule has 1 aromatic carbocycles. The average molecular weight is 694 g/mol. The fourth-order valence-corrected chi connectivity index (χ4v) is 6.58. The Kier molecular flexibility index (Phi) is 11.5. The van der Waals surface area contributed by atoms with Crippen LogP contribution in [0.1, 0.15) is 53.3 Å². The first kappa shape index (κ1) is 37.1. The van der Waals surface area contributed by atoms with E-state index in [1.807, 2.05) is 26.8 Å². The number of ether oxygens (including phenoxy) is 4. The number of nitrogen functional groups attached to an aromatic ring is 1. The Balaban J connectivity index is 1.52. The number of carbonyl (C=O) groups excluding carboxylic acids is 2. The lowest BCUT2D eigenvalue weighted by atomic mass is 9.96. The van der Waals surface area contributed by atoms with Gasteiger partial charge in [-0.05, 0) is 31.7 Å². The van der Waals surface area contributed by atoms with Crippen molar-refractivity contribution in [2.75, 3.05) is 26.1 Å². The van der Waals surface area contributed by atoms with Crippen LogP contribution < -0.4 is 20.6 Å². The third-order valence-electron chi connectivity index (χ3n) is 7.33. The number of nitrogens with one attached hydrogen (secondary N) is 2. The lowest BCUT2D eigenvalue weighted by molar-refractivity contribution is -0.148. The quantitative estimate of drug-likeness (QED) is 0.120. The third-order valence-corrected chi connectivity index (χ3v) is 9.30. The molecule has 0 bridgehead atoms. The van der Waals surface area contributed by atoms with E-state index in [1.165, 1.54) is 38.8 Å². The number of rotatable bonds is 14. The first-order valence-electron chi connectivity index (χ1n) is 15.2. The molecule has 0 spiro atoms. The van der Waals surface area contributed by atoms with Gasteiger partial charge in [0, 0.05) is 0 Å². The summed E-state index contributed by atoms with van der Waals surface area (Å²) in [5.41, 5.74) is 4.72. The van der Waals surface area contributed by atoms with Gasteiger partial charge in [0.1, 0.15) is 36.5 Å². The predicted octanol–water partition coefficient (Wildman–Crippen LogP) is 1.84. The number of esters is 2. The van der Waals surface area contributed by atoms with E-state index in [0.29, 0.717) is 0 Å². The van der Waals surface area contributed by atoms with E-state index < -0.39 is 62.3 Å². The molecule has 2 aromatic heterocycles. The zero-order valence-electron chi connectivity index (χ0n) is 27.9.